The molecule has 0 aliphatic carbocycles. The summed E-state index contributed by atoms with van der Waals surface area (Å²) in [5.74, 6) is 0.769. The van der Waals surface area contributed by atoms with E-state index < -0.39 is 12.0 Å². The van der Waals surface area contributed by atoms with Gasteiger partial charge in [0.2, 0.25) is 11.8 Å². The number of piperidine rings is 1. The Labute approximate surface area is 183 Å². The van der Waals surface area contributed by atoms with Gasteiger partial charge >= 0.3 is 0 Å². The molecule has 1 aliphatic rings. The lowest BCUT2D eigenvalue weighted by Gasteiger charge is -2.41. The molecule has 7 heteroatoms. The third-order valence-electron chi connectivity index (χ3n) is 5.55. The van der Waals surface area contributed by atoms with E-state index in [4.69, 9.17) is 14.2 Å². The van der Waals surface area contributed by atoms with Crippen LogP contribution in [0, 0.1) is 5.92 Å². The normalized spacial score (nSPS) is 19.6. The third kappa shape index (κ3) is 4.99. The molecule has 1 heterocycles. The number of nitrogens with one attached hydrogen (secondary N) is 1. The second-order valence-electron chi connectivity index (χ2n) is 7.66. The second kappa shape index (κ2) is 10.3. The molecule has 1 fully saturated rings. The van der Waals surface area contributed by atoms with Gasteiger partial charge in [0, 0.05) is 30.8 Å². The van der Waals surface area contributed by atoms with Crippen LogP contribution in [0.15, 0.2) is 48.5 Å². The molecule has 2 aromatic carbocycles. The number of para-hydroxylation sites is 1. The molecule has 2 amide bonds. The molecule has 1 aliphatic heterocycles. The number of benzene rings is 2. The number of hydrogen-bond donors (Lipinski definition) is 1. The van der Waals surface area contributed by atoms with Crippen molar-refractivity contribution in [1.82, 2.24) is 5.32 Å². The van der Waals surface area contributed by atoms with Crippen molar-refractivity contribution >= 4 is 17.5 Å². The van der Waals surface area contributed by atoms with E-state index in [0.717, 1.165) is 5.56 Å². The van der Waals surface area contributed by atoms with Gasteiger partial charge < -0.3 is 24.4 Å². The highest BCUT2D eigenvalue weighted by atomic mass is 16.5. The highest BCUT2D eigenvalue weighted by Gasteiger charge is 2.42. The number of hydrogen-bond acceptors (Lipinski definition) is 5. The van der Waals surface area contributed by atoms with Gasteiger partial charge in [0.25, 0.3) is 0 Å². The van der Waals surface area contributed by atoms with Crippen LogP contribution in [-0.4, -0.2) is 45.8 Å². The van der Waals surface area contributed by atoms with Crippen molar-refractivity contribution in [3.63, 3.8) is 0 Å². The van der Waals surface area contributed by atoms with Crippen LogP contribution in [0.4, 0.5) is 5.69 Å². The lowest BCUT2D eigenvalue weighted by atomic mass is 9.82. The average molecular weight is 427 g/mol. The zero-order valence-corrected chi connectivity index (χ0v) is 18.5. The second-order valence-corrected chi connectivity index (χ2v) is 7.66. The maximum absolute atomic E-state index is 13.3. The fourth-order valence-electron chi connectivity index (χ4n) is 4.12. The Morgan fingerprint density at radius 1 is 1.10 bits per heavy atom. The molecule has 2 aromatic rings. The van der Waals surface area contributed by atoms with E-state index in [1.807, 2.05) is 55.5 Å². The van der Waals surface area contributed by atoms with Gasteiger partial charge in [0.1, 0.15) is 11.5 Å². The summed E-state index contributed by atoms with van der Waals surface area (Å²) in [6.07, 6.45) is 0.744. The minimum atomic E-state index is -0.500. The quantitative estimate of drug-likeness (QED) is 0.701. The molecule has 0 bridgehead atoms. The van der Waals surface area contributed by atoms with Crippen LogP contribution in [-0.2, 0) is 14.3 Å². The standard InChI is InChI=1S/C24H30N2O5/c1-16(15-29-2)25-24(28)20-13-14-22(27)26(17-9-11-18(30-3)12-10-17)23(20)19-7-5-6-8-21(19)31-4/h5-12,16,20,23H,13-15H2,1-4H3,(H,25,28). The minimum Gasteiger partial charge on any atom is -0.497 e. The fourth-order valence-corrected chi connectivity index (χ4v) is 4.12. The van der Waals surface area contributed by atoms with Gasteiger partial charge in [0.05, 0.1) is 32.8 Å². The van der Waals surface area contributed by atoms with E-state index in [9.17, 15) is 9.59 Å². The molecule has 0 radical (unpaired) electrons. The molecule has 0 aromatic heterocycles. The van der Waals surface area contributed by atoms with Crippen LogP contribution < -0.4 is 19.7 Å². The Bertz CT molecular complexity index is 899. The van der Waals surface area contributed by atoms with Gasteiger partial charge in [0.15, 0.2) is 0 Å². The number of amides is 2. The largest absolute Gasteiger partial charge is 0.497 e. The van der Waals surface area contributed by atoms with Crippen LogP contribution in [0.1, 0.15) is 31.4 Å². The van der Waals surface area contributed by atoms with Crippen LogP contribution in [0.2, 0.25) is 0 Å². The van der Waals surface area contributed by atoms with Crippen LogP contribution >= 0.6 is 0 Å². The Hall–Kier alpha value is -3.06. The van der Waals surface area contributed by atoms with Crippen LogP contribution in [0.25, 0.3) is 0 Å². The molecular formula is C24H30N2O5. The lowest BCUT2D eigenvalue weighted by molar-refractivity contribution is -0.130. The van der Waals surface area contributed by atoms with Crippen molar-refractivity contribution in [2.24, 2.45) is 5.92 Å². The number of methoxy groups -OCH3 is 3. The van der Waals surface area contributed by atoms with Gasteiger partial charge in [-0.15, -0.1) is 0 Å². The Balaban J connectivity index is 2.05. The topological polar surface area (TPSA) is 77.1 Å². The maximum atomic E-state index is 13.3. The molecule has 0 spiro atoms. The molecule has 31 heavy (non-hydrogen) atoms. The Morgan fingerprint density at radius 2 is 1.81 bits per heavy atom. The summed E-state index contributed by atoms with van der Waals surface area (Å²) in [6, 6.07) is 14.2. The molecule has 166 valence electrons. The number of nitrogens with zero attached hydrogens (tertiary/aromatic N) is 1. The number of anilines is 1. The van der Waals surface area contributed by atoms with E-state index in [0.29, 0.717) is 30.2 Å². The predicted octanol–water partition coefficient (Wildman–Crippen LogP) is 3.34. The van der Waals surface area contributed by atoms with Crippen LogP contribution in [0.5, 0.6) is 11.5 Å². The molecule has 3 rings (SSSR count). The summed E-state index contributed by atoms with van der Waals surface area (Å²) >= 11 is 0. The number of carbonyl (C=O) groups is 2. The molecule has 0 saturated carbocycles. The van der Waals surface area contributed by atoms with E-state index in [-0.39, 0.29) is 24.3 Å². The Kier molecular flexibility index (Phi) is 7.52. The first-order valence-electron chi connectivity index (χ1n) is 10.4. The van der Waals surface area contributed by atoms with Gasteiger partial charge in [-0.05, 0) is 43.7 Å². The number of carbonyl (C=O) groups excluding carboxylic acids is 2. The minimum absolute atomic E-state index is 0.0323. The highest BCUT2D eigenvalue weighted by molar-refractivity contribution is 5.97. The maximum Gasteiger partial charge on any atom is 0.227 e. The fraction of sp³-hybridized carbons (Fsp3) is 0.417. The third-order valence-corrected chi connectivity index (χ3v) is 5.55. The first-order valence-corrected chi connectivity index (χ1v) is 10.4. The molecule has 1 N–H and O–H groups in total. The number of ether oxygens (including phenoxy) is 3. The lowest BCUT2D eigenvalue weighted by Crippen LogP contribution is -2.50. The van der Waals surface area contributed by atoms with Crippen molar-refractivity contribution in [3.05, 3.63) is 54.1 Å². The van der Waals surface area contributed by atoms with Gasteiger partial charge in [-0.25, -0.2) is 0 Å². The van der Waals surface area contributed by atoms with Gasteiger partial charge in [-0.3, -0.25) is 9.59 Å². The Morgan fingerprint density at radius 3 is 2.45 bits per heavy atom. The number of rotatable bonds is 8. The average Bonchev–Trinajstić information content (AvgIpc) is 2.79. The van der Waals surface area contributed by atoms with Gasteiger partial charge in [-0.1, -0.05) is 18.2 Å². The van der Waals surface area contributed by atoms with Crippen molar-refractivity contribution in [2.45, 2.75) is 31.8 Å². The first kappa shape index (κ1) is 22.6. The van der Waals surface area contributed by atoms with Crippen LogP contribution in [0.3, 0.4) is 0 Å². The van der Waals surface area contributed by atoms with Crippen molar-refractivity contribution in [1.29, 1.82) is 0 Å². The summed E-state index contributed by atoms with van der Waals surface area (Å²) < 4.78 is 16.0. The van der Waals surface area contributed by atoms with Gasteiger partial charge in [-0.2, -0.15) is 0 Å². The molecular weight excluding hydrogens is 396 g/mol. The molecule has 1 saturated heterocycles. The summed E-state index contributed by atoms with van der Waals surface area (Å²) in [7, 11) is 4.79. The first-order chi connectivity index (χ1) is 15.0. The summed E-state index contributed by atoms with van der Waals surface area (Å²) in [5.41, 5.74) is 1.51. The SMILES string of the molecule is COCC(C)NC(=O)C1CCC(=O)N(c2ccc(OC)cc2)C1c1ccccc1OC. The van der Waals surface area contributed by atoms with Crippen molar-refractivity contribution < 1.29 is 23.8 Å². The van der Waals surface area contributed by atoms with E-state index in [2.05, 4.69) is 5.32 Å². The smallest absolute Gasteiger partial charge is 0.227 e. The highest BCUT2D eigenvalue weighted by Crippen LogP contribution is 2.43. The summed E-state index contributed by atoms with van der Waals surface area (Å²) in [6.45, 7) is 2.31. The van der Waals surface area contributed by atoms with E-state index in [1.54, 1.807) is 26.2 Å². The molecule has 3 atom stereocenters. The molecule has 3 unspecified atom stereocenters. The van der Waals surface area contributed by atoms with E-state index in [1.165, 1.54) is 0 Å². The summed E-state index contributed by atoms with van der Waals surface area (Å²) in [5, 5.41) is 3.03. The van der Waals surface area contributed by atoms with Crippen molar-refractivity contribution in [3.8, 4) is 11.5 Å². The van der Waals surface area contributed by atoms with E-state index >= 15 is 0 Å². The van der Waals surface area contributed by atoms with Crippen molar-refractivity contribution in [2.75, 3.05) is 32.8 Å². The zero-order chi connectivity index (χ0) is 22.4. The molecule has 7 nitrogen and oxygen atoms in total. The summed E-state index contributed by atoms with van der Waals surface area (Å²) in [4.78, 5) is 28.1. The monoisotopic (exact) mass is 426 g/mol. The zero-order valence-electron chi connectivity index (χ0n) is 18.5. The predicted molar refractivity (Wildman–Crippen MR) is 118 cm³/mol.